The van der Waals surface area contributed by atoms with E-state index in [1.807, 2.05) is 0 Å². The van der Waals surface area contributed by atoms with E-state index in [-0.39, 0.29) is 12.3 Å². The van der Waals surface area contributed by atoms with Gasteiger partial charge in [-0.2, -0.15) is 0 Å². The zero-order valence-corrected chi connectivity index (χ0v) is 9.56. The fraction of sp³-hybridized carbons (Fsp3) is 0.333. The van der Waals surface area contributed by atoms with E-state index in [2.05, 4.69) is 5.32 Å². The Labute approximate surface area is 95.9 Å². The van der Waals surface area contributed by atoms with Crippen LogP contribution in [0.3, 0.4) is 0 Å². The van der Waals surface area contributed by atoms with Gasteiger partial charge < -0.3 is 10.4 Å². The van der Waals surface area contributed by atoms with Crippen molar-refractivity contribution in [1.29, 1.82) is 0 Å². The smallest absolute Gasteiger partial charge is 0.305 e. The molecule has 0 unspecified atom stereocenters. The molecule has 0 aromatic carbocycles. The fourth-order valence-electron chi connectivity index (χ4n) is 1.15. The maximum Gasteiger partial charge on any atom is 0.305 e. The van der Waals surface area contributed by atoms with Gasteiger partial charge in [0.2, 0.25) is 5.91 Å². The fourth-order valence-corrected chi connectivity index (χ4v) is 2.29. The molecule has 6 heteroatoms. The number of nitrogens with one attached hydrogen (secondary N) is 1. The summed E-state index contributed by atoms with van der Waals surface area (Å²) >= 11 is 7.06. The van der Waals surface area contributed by atoms with E-state index >= 15 is 0 Å². The second-order valence-electron chi connectivity index (χ2n) is 3.02. The van der Waals surface area contributed by atoms with E-state index < -0.39 is 12.0 Å². The molecule has 0 aliphatic rings. The Morgan fingerprint density at radius 3 is 2.73 bits per heavy atom. The Kier molecular flexibility index (Phi) is 4.11. The molecule has 0 fully saturated rings. The minimum atomic E-state index is -0.960. The van der Waals surface area contributed by atoms with Crippen molar-refractivity contribution in [2.75, 3.05) is 0 Å². The van der Waals surface area contributed by atoms with Crippen LogP contribution in [0.1, 0.15) is 24.3 Å². The Morgan fingerprint density at radius 1 is 1.67 bits per heavy atom. The van der Waals surface area contributed by atoms with Gasteiger partial charge in [-0.05, 0) is 6.07 Å². The largest absolute Gasteiger partial charge is 0.481 e. The van der Waals surface area contributed by atoms with Gasteiger partial charge in [0, 0.05) is 17.2 Å². The van der Waals surface area contributed by atoms with Crippen LogP contribution in [-0.4, -0.2) is 17.0 Å². The van der Waals surface area contributed by atoms with E-state index in [1.165, 1.54) is 18.3 Å². The van der Waals surface area contributed by atoms with E-state index in [0.717, 1.165) is 4.88 Å². The van der Waals surface area contributed by atoms with Gasteiger partial charge in [-0.25, -0.2) is 0 Å². The highest BCUT2D eigenvalue weighted by Crippen LogP contribution is 2.27. The minimum absolute atomic E-state index is 0.142. The molecule has 1 rings (SSSR count). The van der Waals surface area contributed by atoms with Gasteiger partial charge in [-0.3, -0.25) is 9.59 Å². The van der Waals surface area contributed by atoms with Crippen LogP contribution in [-0.2, 0) is 9.59 Å². The Bertz CT molecular complexity index is 361. The maximum absolute atomic E-state index is 10.9. The van der Waals surface area contributed by atoms with Crippen molar-refractivity contribution in [2.24, 2.45) is 0 Å². The predicted octanol–water partition coefficient (Wildman–Crippen LogP) is 2.05. The average molecular weight is 248 g/mol. The van der Waals surface area contributed by atoms with E-state index in [4.69, 9.17) is 16.7 Å². The van der Waals surface area contributed by atoms with Crippen LogP contribution < -0.4 is 5.32 Å². The number of carbonyl (C=O) groups excluding carboxylic acids is 1. The zero-order valence-electron chi connectivity index (χ0n) is 7.99. The van der Waals surface area contributed by atoms with E-state index in [9.17, 15) is 9.59 Å². The number of carbonyl (C=O) groups is 2. The summed E-state index contributed by atoms with van der Waals surface area (Å²) in [6.07, 6.45) is -0.142. The van der Waals surface area contributed by atoms with Gasteiger partial charge in [0.1, 0.15) is 0 Å². The number of aliphatic carboxylic acids is 1. The Balaban J connectivity index is 2.80. The van der Waals surface area contributed by atoms with Crippen molar-refractivity contribution in [3.63, 3.8) is 0 Å². The van der Waals surface area contributed by atoms with Crippen LogP contribution in [0.4, 0.5) is 0 Å². The molecule has 15 heavy (non-hydrogen) atoms. The topological polar surface area (TPSA) is 66.4 Å². The van der Waals surface area contributed by atoms with Gasteiger partial charge >= 0.3 is 5.97 Å². The first-order valence-electron chi connectivity index (χ1n) is 4.22. The SMILES string of the molecule is CC(=O)N[C@@H](CC(=O)O)c1cc(Cl)cs1. The molecule has 1 heterocycles. The molecule has 1 aromatic rings. The molecular weight excluding hydrogens is 238 g/mol. The monoisotopic (exact) mass is 247 g/mol. The third kappa shape index (κ3) is 3.89. The first-order chi connectivity index (χ1) is 6.99. The molecule has 0 bridgehead atoms. The van der Waals surface area contributed by atoms with Gasteiger partial charge in [-0.15, -0.1) is 11.3 Å². The van der Waals surface area contributed by atoms with Crippen molar-refractivity contribution in [3.05, 3.63) is 21.3 Å². The van der Waals surface area contributed by atoms with Gasteiger partial charge in [-0.1, -0.05) is 11.6 Å². The number of carboxylic acids is 1. The van der Waals surface area contributed by atoms with Crippen molar-refractivity contribution < 1.29 is 14.7 Å². The quantitative estimate of drug-likeness (QED) is 0.856. The lowest BCUT2D eigenvalue weighted by Gasteiger charge is -2.13. The lowest BCUT2D eigenvalue weighted by Crippen LogP contribution is -2.27. The second-order valence-corrected chi connectivity index (χ2v) is 4.40. The van der Waals surface area contributed by atoms with E-state index in [1.54, 1.807) is 11.4 Å². The normalized spacial score (nSPS) is 12.1. The maximum atomic E-state index is 10.9. The lowest BCUT2D eigenvalue weighted by atomic mass is 10.1. The molecule has 2 N–H and O–H groups in total. The standard InChI is InChI=1S/C9H10ClNO3S/c1-5(12)11-7(3-9(13)14)8-2-6(10)4-15-8/h2,4,7H,3H2,1H3,(H,11,12)(H,13,14)/t7-/m0/s1. The zero-order chi connectivity index (χ0) is 11.4. The summed E-state index contributed by atoms with van der Waals surface area (Å²) in [4.78, 5) is 22.2. The molecule has 0 aliphatic carbocycles. The molecule has 0 aliphatic heterocycles. The van der Waals surface area contributed by atoms with Gasteiger partial charge in [0.15, 0.2) is 0 Å². The summed E-state index contributed by atoms with van der Waals surface area (Å²) in [7, 11) is 0. The highest BCUT2D eigenvalue weighted by Gasteiger charge is 2.18. The van der Waals surface area contributed by atoms with Gasteiger partial charge in [0.05, 0.1) is 17.5 Å². The van der Waals surface area contributed by atoms with Crippen LogP contribution in [0.15, 0.2) is 11.4 Å². The number of rotatable bonds is 4. The first kappa shape index (κ1) is 12.0. The Morgan fingerprint density at radius 2 is 2.33 bits per heavy atom. The summed E-state index contributed by atoms with van der Waals surface area (Å²) in [6.45, 7) is 1.35. The summed E-state index contributed by atoms with van der Waals surface area (Å²) < 4.78 is 0. The molecule has 0 saturated heterocycles. The predicted molar refractivity (Wildman–Crippen MR) is 58.1 cm³/mol. The molecule has 0 spiro atoms. The van der Waals surface area contributed by atoms with Crippen LogP contribution in [0.5, 0.6) is 0 Å². The molecule has 1 amide bonds. The molecule has 0 radical (unpaired) electrons. The minimum Gasteiger partial charge on any atom is -0.481 e. The van der Waals surface area contributed by atoms with Crippen molar-refractivity contribution in [1.82, 2.24) is 5.32 Å². The van der Waals surface area contributed by atoms with Crippen LogP contribution in [0.25, 0.3) is 0 Å². The average Bonchev–Trinajstić information content (AvgIpc) is 2.48. The van der Waals surface area contributed by atoms with E-state index in [0.29, 0.717) is 5.02 Å². The number of hydrogen-bond donors (Lipinski definition) is 2. The number of halogens is 1. The van der Waals surface area contributed by atoms with Crippen LogP contribution >= 0.6 is 22.9 Å². The second kappa shape index (κ2) is 5.14. The molecule has 4 nitrogen and oxygen atoms in total. The van der Waals surface area contributed by atoms with Crippen molar-refractivity contribution >= 4 is 34.8 Å². The summed E-state index contributed by atoms with van der Waals surface area (Å²) in [5, 5.41) is 13.5. The summed E-state index contributed by atoms with van der Waals surface area (Å²) in [6, 6.07) is 1.16. The van der Waals surface area contributed by atoms with Crippen LogP contribution in [0.2, 0.25) is 5.02 Å². The molecule has 1 atom stereocenters. The number of hydrogen-bond acceptors (Lipinski definition) is 3. The van der Waals surface area contributed by atoms with Crippen molar-refractivity contribution in [2.45, 2.75) is 19.4 Å². The highest BCUT2D eigenvalue weighted by atomic mass is 35.5. The van der Waals surface area contributed by atoms with Crippen molar-refractivity contribution in [3.8, 4) is 0 Å². The molecule has 1 aromatic heterocycles. The molecule has 0 saturated carbocycles. The highest BCUT2D eigenvalue weighted by molar-refractivity contribution is 7.10. The van der Waals surface area contributed by atoms with Gasteiger partial charge in [0.25, 0.3) is 0 Å². The lowest BCUT2D eigenvalue weighted by molar-refractivity contribution is -0.137. The molecule has 82 valence electrons. The number of carboxylic acid groups (broad SMARTS) is 1. The summed E-state index contributed by atoms with van der Waals surface area (Å²) in [5.74, 6) is -1.22. The third-order valence-corrected chi connectivity index (χ3v) is 3.08. The first-order valence-corrected chi connectivity index (χ1v) is 5.47. The number of amides is 1. The Hall–Kier alpha value is -1.07. The third-order valence-electron chi connectivity index (χ3n) is 1.69. The van der Waals surface area contributed by atoms with Crippen LogP contribution in [0, 0.1) is 0 Å². The summed E-state index contributed by atoms with van der Waals surface area (Å²) in [5.41, 5.74) is 0. The molecular formula is C9H10ClNO3S. The number of thiophene rings is 1.